The number of aromatic nitrogens is 1. The highest BCUT2D eigenvalue weighted by molar-refractivity contribution is 7.09. The summed E-state index contributed by atoms with van der Waals surface area (Å²) in [7, 11) is 0. The van der Waals surface area contributed by atoms with Crippen molar-refractivity contribution in [1.82, 2.24) is 15.6 Å². The highest BCUT2D eigenvalue weighted by Crippen LogP contribution is 2.42. The zero-order chi connectivity index (χ0) is 14.4. The largest absolute Gasteiger partial charge is 0.357 e. The van der Waals surface area contributed by atoms with Crippen molar-refractivity contribution in [2.24, 2.45) is 10.4 Å². The SMILES string of the molecule is CCNC(=NCc1scnc1C)NCC1(CC)CCC1. The van der Waals surface area contributed by atoms with Gasteiger partial charge < -0.3 is 10.6 Å². The van der Waals surface area contributed by atoms with Crippen LogP contribution in [0.25, 0.3) is 0 Å². The number of nitrogens with zero attached hydrogens (tertiary/aromatic N) is 2. The molecule has 0 unspecified atom stereocenters. The van der Waals surface area contributed by atoms with Crippen molar-refractivity contribution in [2.75, 3.05) is 13.1 Å². The molecular weight excluding hydrogens is 268 g/mol. The zero-order valence-electron chi connectivity index (χ0n) is 12.8. The Morgan fingerprint density at radius 2 is 2.20 bits per heavy atom. The second-order valence-corrected chi connectivity index (χ2v) is 6.56. The molecule has 1 aromatic heterocycles. The van der Waals surface area contributed by atoms with E-state index in [2.05, 4.69) is 34.5 Å². The van der Waals surface area contributed by atoms with Gasteiger partial charge >= 0.3 is 0 Å². The van der Waals surface area contributed by atoms with Gasteiger partial charge in [-0.15, -0.1) is 11.3 Å². The van der Waals surface area contributed by atoms with Crippen LogP contribution in [0.3, 0.4) is 0 Å². The molecule has 20 heavy (non-hydrogen) atoms. The molecule has 0 radical (unpaired) electrons. The van der Waals surface area contributed by atoms with E-state index in [0.29, 0.717) is 12.0 Å². The molecule has 1 aromatic rings. The summed E-state index contributed by atoms with van der Waals surface area (Å²) in [6, 6.07) is 0. The minimum absolute atomic E-state index is 0.511. The van der Waals surface area contributed by atoms with E-state index < -0.39 is 0 Å². The number of rotatable bonds is 6. The monoisotopic (exact) mass is 294 g/mol. The summed E-state index contributed by atoms with van der Waals surface area (Å²) < 4.78 is 0. The van der Waals surface area contributed by atoms with Crippen LogP contribution in [0, 0.1) is 12.3 Å². The fourth-order valence-corrected chi connectivity index (χ4v) is 3.27. The summed E-state index contributed by atoms with van der Waals surface area (Å²) in [5.74, 6) is 0.931. The van der Waals surface area contributed by atoms with Gasteiger partial charge in [-0.05, 0) is 38.5 Å². The van der Waals surface area contributed by atoms with Gasteiger partial charge in [0.25, 0.3) is 0 Å². The third-order valence-corrected chi connectivity index (χ3v) is 5.28. The average molecular weight is 294 g/mol. The van der Waals surface area contributed by atoms with Gasteiger partial charge in [-0.3, -0.25) is 0 Å². The Morgan fingerprint density at radius 1 is 1.40 bits per heavy atom. The maximum absolute atomic E-state index is 4.68. The van der Waals surface area contributed by atoms with Gasteiger partial charge in [0.05, 0.1) is 17.7 Å². The lowest BCUT2D eigenvalue weighted by Gasteiger charge is -2.41. The van der Waals surface area contributed by atoms with Crippen LogP contribution in [0.4, 0.5) is 0 Å². The molecule has 0 bridgehead atoms. The van der Waals surface area contributed by atoms with Gasteiger partial charge in [-0.25, -0.2) is 9.98 Å². The van der Waals surface area contributed by atoms with Gasteiger partial charge in [-0.1, -0.05) is 13.3 Å². The number of guanidine groups is 1. The fourth-order valence-electron chi connectivity index (χ4n) is 2.57. The summed E-state index contributed by atoms with van der Waals surface area (Å²) in [6.07, 6.45) is 5.34. The lowest BCUT2D eigenvalue weighted by atomic mass is 9.67. The van der Waals surface area contributed by atoms with Crippen LogP contribution in [0.5, 0.6) is 0 Å². The molecule has 5 heteroatoms. The van der Waals surface area contributed by atoms with Crippen molar-refractivity contribution in [3.63, 3.8) is 0 Å². The predicted molar refractivity (Wildman–Crippen MR) is 86.2 cm³/mol. The van der Waals surface area contributed by atoms with E-state index in [-0.39, 0.29) is 0 Å². The van der Waals surface area contributed by atoms with Crippen LogP contribution in [0.2, 0.25) is 0 Å². The lowest BCUT2D eigenvalue weighted by molar-refractivity contribution is 0.131. The minimum Gasteiger partial charge on any atom is -0.357 e. The van der Waals surface area contributed by atoms with Gasteiger partial charge in [-0.2, -0.15) is 0 Å². The van der Waals surface area contributed by atoms with Crippen LogP contribution >= 0.6 is 11.3 Å². The second-order valence-electron chi connectivity index (χ2n) is 5.62. The molecule has 4 nitrogen and oxygen atoms in total. The molecule has 1 fully saturated rings. The lowest BCUT2D eigenvalue weighted by Crippen LogP contribution is -2.46. The maximum Gasteiger partial charge on any atom is 0.191 e. The van der Waals surface area contributed by atoms with Gasteiger partial charge in [0.15, 0.2) is 5.96 Å². The Kier molecular flexibility index (Phi) is 5.40. The smallest absolute Gasteiger partial charge is 0.191 e. The van der Waals surface area contributed by atoms with E-state index in [4.69, 9.17) is 0 Å². The maximum atomic E-state index is 4.68. The molecule has 0 spiro atoms. The number of nitrogens with one attached hydrogen (secondary N) is 2. The average Bonchev–Trinajstić information content (AvgIpc) is 2.80. The first-order valence-electron chi connectivity index (χ1n) is 7.60. The molecule has 1 saturated carbocycles. The molecule has 0 atom stereocenters. The van der Waals surface area contributed by atoms with E-state index >= 15 is 0 Å². The second kappa shape index (κ2) is 7.07. The standard InChI is InChI=1S/C15H26N4S/c1-4-15(7-6-8-15)10-18-14(16-5-2)17-9-13-12(3)19-11-20-13/h11H,4-10H2,1-3H3,(H2,16,17,18). The van der Waals surface area contributed by atoms with Crippen molar-refractivity contribution >= 4 is 17.3 Å². The normalized spacial score (nSPS) is 17.6. The summed E-state index contributed by atoms with van der Waals surface area (Å²) in [5.41, 5.74) is 3.50. The van der Waals surface area contributed by atoms with Gasteiger partial charge in [0.2, 0.25) is 0 Å². The number of aryl methyl sites for hydroxylation is 1. The van der Waals surface area contributed by atoms with Crippen LogP contribution < -0.4 is 10.6 Å². The molecule has 1 aliphatic carbocycles. The number of thiazole rings is 1. The Morgan fingerprint density at radius 3 is 2.70 bits per heavy atom. The summed E-state index contributed by atoms with van der Waals surface area (Å²) >= 11 is 1.68. The van der Waals surface area contributed by atoms with E-state index in [1.165, 1.54) is 30.6 Å². The van der Waals surface area contributed by atoms with Crippen molar-refractivity contribution < 1.29 is 0 Å². The zero-order valence-corrected chi connectivity index (χ0v) is 13.6. The molecule has 1 aliphatic rings. The molecule has 1 heterocycles. The summed E-state index contributed by atoms with van der Waals surface area (Å²) in [4.78, 5) is 10.2. The quantitative estimate of drug-likeness (QED) is 0.626. The third kappa shape index (κ3) is 3.72. The van der Waals surface area contributed by atoms with E-state index in [9.17, 15) is 0 Å². The predicted octanol–water partition coefficient (Wildman–Crippen LogP) is 3.09. The summed E-state index contributed by atoms with van der Waals surface area (Å²) in [5, 5.41) is 6.85. The first kappa shape index (κ1) is 15.3. The van der Waals surface area contributed by atoms with E-state index in [0.717, 1.165) is 24.7 Å². The van der Waals surface area contributed by atoms with Crippen LogP contribution in [0.15, 0.2) is 10.5 Å². The Labute approximate surface area is 126 Å². The van der Waals surface area contributed by atoms with Crippen molar-refractivity contribution in [3.05, 3.63) is 16.1 Å². The van der Waals surface area contributed by atoms with Crippen LogP contribution in [-0.2, 0) is 6.54 Å². The molecular formula is C15H26N4S. The molecule has 112 valence electrons. The van der Waals surface area contributed by atoms with Crippen LogP contribution in [-0.4, -0.2) is 24.0 Å². The molecule has 2 rings (SSSR count). The highest BCUT2D eigenvalue weighted by atomic mass is 32.1. The topological polar surface area (TPSA) is 49.3 Å². The third-order valence-electron chi connectivity index (χ3n) is 4.36. The fraction of sp³-hybridized carbons (Fsp3) is 0.733. The van der Waals surface area contributed by atoms with E-state index in [1.54, 1.807) is 11.3 Å². The van der Waals surface area contributed by atoms with E-state index in [1.807, 2.05) is 12.4 Å². The van der Waals surface area contributed by atoms with Crippen molar-refractivity contribution in [3.8, 4) is 0 Å². The Hall–Kier alpha value is -1.10. The van der Waals surface area contributed by atoms with Crippen molar-refractivity contribution in [2.45, 2.75) is 53.0 Å². The molecule has 0 saturated heterocycles. The molecule has 2 N–H and O–H groups in total. The Balaban J connectivity index is 1.90. The summed E-state index contributed by atoms with van der Waals surface area (Å²) in [6.45, 7) is 9.09. The van der Waals surface area contributed by atoms with Crippen LogP contribution in [0.1, 0.15) is 50.1 Å². The number of hydrogen-bond donors (Lipinski definition) is 2. The van der Waals surface area contributed by atoms with Gasteiger partial charge in [0, 0.05) is 18.0 Å². The minimum atomic E-state index is 0.511. The first-order chi connectivity index (χ1) is 9.69. The van der Waals surface area contributed by atoms with Crippen molar-refractivity contribution in [1.29, 1.82) is 0 Å². The molecule has 0 amide bonds. The highest BCUT2D eigenvalue weighted by Gasteiger charge is 2.34. The number of aliphatic imine (C=N–C) groups is 1. The molecule has 0 aliphatic heterocycles. The first-order valence-corrected chi connectivity index (χ1v) is 8.48. The molecule has 0 aromatic carbocycles. The number of hydrogen-bond acceptors (Lipinski definition) is 3. The van der Waals surface area contributed by atoms with Gasteiger partial charge in [0.1, 0.15) is 0 Å². The Bertz CT molecular complexity index is 443.